The number of hydrogen-bond acceptors (Lipinski definition) is 3. The van der Waals surface area contributed by atoms with Gasteiger partial charge in [0.1, 0.15) is 5.75 Å². The quantitative estimate of drug-likeness (QED) is 0.914. The molecule has 0 heterocycles. The van der Waals surface area contributed by atoms with E-state index in [4.69, 9.17) is 16.3 Å². The Bertz CT molecular complexity index is 639. The lowest BCUT2D eigenvalue weighted by molar-refractivity contribution is 0.102. The van der Waals surface area contributed by atoms with E-state index in [-0.39, 0.29) is 5.91 Å². The van der Waals surface area contributed by atoms with E-state index in [0.717, 1.165) is 0 Å². The van der Waals surface area contributed by atoms with E-state index in [0.29, 0.717) is 22.0 Å². The monoisotopic (exact) mass is 304 g/mol. The molecule has 0 radical (unpaired) electrons. The van der Waals surface area contributed by atoms with Crippen molar-refractivity contribution in [3.63, 3.8) is 0 Å². The highest BCUT2D eigenvalue weighted by Gasteiger charge is 2.06. The SMILES string of the molecule is CNC(=O)Oc1ccc(NC(=O)c2ccc(Cl)cc2)cc1. The van der Waals surface area contributed by atoms with Crippen LogP contribution in [0, 0.1) is 0 Å². The molecule has 0 aromatic heterocycles. The van der Waals surface area contributed by atoms with Gasteiger partial charge in [-0.05, 0) is 48.5 Å². The topological polar surface area (TPSA) is 67.4 Å². The molecule has 2 rings (SSSR count). The van der Waals surface area contributed by atoms with Crippen molar-refractivity contribution in [2.24, 2.45) is 0 Å². The average molecular weight is 305 g/mol. The fourth-order valence-corrected chi connectivity index (χ4v) is 1.69. The Morgan fingerprint density at radius 3 is 2.19 bits per heavy atom. The van der Waals surface area contributed by atoms with Crippen LogP contribution in [0.3, 0.4) is 0 Å². The van der Waals surface area contributed by atoms with E-state index >= 15 is 0 Å². The zero-order valence-electron chi connectivity index (χ0n) is 11.2. The van der Waals surface area contributed by atoms with Crippen molar-refractivity contribution >= 4 is 29.3 Å². The van der Waals surface area contributed by atoms with E-state index < -0.39 is 6.09 Å². The molecule has 2 N–H and O–H groups in total. The Balaban J connectivity index is 2.01. The summed E-state index contributed by atoms with van der Waals surface area (Å²) in [6, 6.07) is 13.0. The minimum atomic E-state index is -0.548. The highest BCUT2D eigenvalue weighted by molar-refractivity contribution is 6.30. The minimum absolute atomic E-state index is 0.244. The maximum absolute atomic E-state index is 12.0. The third kappa shape index (κ3) is 4.22. The van der Waals surface area contributed by atoms with E-state index in [1.807, 2.05) is 0 Å². The zero-order valence-corrected chi connectivity index (χ0v) is 12.0. The summed E-state index contributed by atoms with van der Waals surface area (Å²) in [4.78, 5) is 23.0. The summed E-state index contributed by atoms with van der Waals surface area (Å²) in [7, 11) is 1.48. The summed E-state index contributed by atoms with van der Waals surface area (Å²) >= 11 is 5.77. The number of ether oxygens (including phenoxy) is 1. The van der Waals surface area contributed by atoms with Crippen molar-refractivity contribution in [3.8, 4) is 5.75 Å². The van der Waals surface area contributed by atoms with Gasteiger partial charge in [0.15, 0.2) is 0 Å². The number of amides is 2. The second kappa shape index (κ2) is 6.76. The number of rotatable bonds is 3. The van der Waals surface area contributed by atoms with Gasteiger partial charge in [0.05, 0.1) is 0 Å². The highest BCUT2D eigenvalue weighted by Crippen LogP contribution is 2.17. The van der Waals surface area contributed by atoms with Crippen molar-refractivity contribution in [1.29, 1.82) is 0 Å². The maximum Gasteiger partial charge on any atom is 0.412 e. The highest BCUT2D eigenvalue weighted by atomic mass is 35.5. The fourth-order valence-electron chi connectivity index (χ4n) is 1.57. The van der Waals surface area contributed by atoms with E-state index in [1.165, 1.54) is 7.05 Å². The van der Waals surface area contributed by atoms with Gasteiger partial charge >= 0.3 is 6.09 Å². The largest absolute Gasteiger partial charge is 0.412 e. The van der Waals surface area contributed by atoms with Crippen molar-refractivity contribution in [2.75, 3.05) is 12.4 Å². The van der Waals surface area contributed by atoms with Gasteiger partial charge in [-0.2, -0.15) is 0 Å². The second-order valence-corrected chi connectivity index (χ2v) is 4.56. The molecule has 0 fully saturated rings. The first-order chi connectivity index (χ1) is 10.1. The Kier molecular flexibility index (Phi) is 4.79. The summed E-state index contributed by atoms with van der Waals surface area (Å²) in [6.07, 6.45) is -0.548. The Morgan fingerprint density at radius 2 is 1.62 bits per heavy atom. The van der Waals surface area contributed by atoms with Crippen LogP contribution in [0.4, 0.5) is 10.5 Å². The number of hydrogen-bond donors (Lipinski definition) is 2. The van der Waals surface area contributed by atoms with Gasteiger partial charge in [-0.15, -0.1) is 0 Å². The lowest BCUT2D eigenvalue weighted by Gasteiger charge is -2.07. The number of benzene rings is 2. The minimum Gasteiger partial charge on any atom is -0.410 e. The van der Waals surface area contributed by atoms with Crippen LogP contribution in [-0.2, 0) is 0 Å². The number of anilines is 1. The first kappa shape index (κ1) is 14.9. The second-order valence-electron chi connectivity index (χ2n) is 4.12. The summed E-state index contributed by atoms with van der Waals surface area (Å²) in [5, 5.41) is 5.65. The van der Waals surface area contributed by atoms with Crippen LogP contribution in [-0.4, -0.2) is 19.0 Å². The van der Waals surface area contributed by atoms with E-state index in [9.17, 15) is 9.59 Å². The Hall–Kier alpha value is -2.53. The lowest BCUT2D eigenvalue weighted by Crippen LogP contribution is -2.22. The lowest BCUT2D eigenvalue weighted by atomic mass is 10.2. The van der Waals surface area contributed by atoms with E-state index in [1.54, 1.807) is 48.5 Å². The molecule has 0 bridgehead atoms. The summed E-state index contributed by atoms with van der Waals surface area (Å²) in [6.45, 7) is 0. The van der Waals surface area contributed by atoms with Gasteiger partial charge in [0, 0.05) is 23.3 Å². The standard InChI is InChI=1S/C15H13ClN2O3/c1-17-15(20)21-13-8-6-12(7-9-13)18-14(19)10-2-4-11(16)5-3-10/h2-9H,1H3,(H,17,20)(H,18,19). The van der Waals surface area contributed by atoms with Crippen LogP contribution in [0.1, 0.15) is 10.4 Å². The van der Waals surface area contributed by atoms with Crippen LogP contribution in [0.2, 0.25) is 5.02 Å². The summed E-state index contributed by atoms with van der Waals surface area (Å²) in [5.41, 5.74) is 1.10. The third-order valence-electron chi connectivity index (χ3n) is 2.63. The summed E-state index contributed by atoms with van der Waals surface area (Å²) in [5.74, 6) is 0.144. The van der Waals surface area contributed by atoms with Crippen molar-refractivity contribution in [3.05, 3.63) is 59.1 Å². The number of nitrogens with one attached hydrogen (secondary N) is 2. The predicted molar refractivity (Wildman–Crippen MR) is 80.9 cm³/mol. The molecule has 0 aliphatic heterocycles. The maximum atomic E-state index is 12.0. The van der Waals surface area contributed by atoms with Crippen LogP contribution >= 0.6 is 11.6 Å². The van der Waals surface area contributed by atoms with Crippen molar-refractivity contribution in [2.45, 2.75) is 0 Å². The molecule has 0 spiro atoms. The zero-order chi connectivity index (χ0) is 15.2. The van der Waals surface area contributed by atoms with Crippen LogP contribution < -0.4 is 15.4 Å². The normalized spacial score (nSPS) is 9.81. The molecule has 0 aliphatic carbocycles. The Labute approximate surface area is 126 Å². The van der Waals surface area contributed by atoms with Gasteiger partial charge in [0.2, 0.25) is 0 Å². The molecule has 0 aliphatic rings. The first-order valence-electron chi connectivity index (χ1n) is 6.15. The first-order valence-corrected chi connectivity index (χ1v) is 6.53. The molecule has 2 aromatic carbocycles. The molecular formula is C15H13ClN2O3. The molecule has 21 heavy (non-hydrogen) atoms. The molecule has 2 aromatic rings. The Morgan fingerprint density at radius 1 is 1.00 bits per heavy atom. The van der Waals surface area contributed by atoms with Crippen LogP contribution in [0.25, 0.3) is 0 Å². The molecule has 5 nitrogen and oxygen atoms in total. The molecule has 0 saturated carbocycles. The van der Waals surface area contributed by atoms with E-state index in [2.05, 4.69) is 10.6 Å². The molecule has 6 heteroatoms. The molecule has 0 saturated heterocycles. The number of halogens is 1. The fraction of sp³-hybridized carbons (Fsp3) is 0.0667. The molecular weight excluding hydrogens is 292 g/mol. The number of carbonyl (C=O) groups is 2. The van der Waals surface area contributed by atoms with Crippen LogP contribution in [0.15, 0.2) is 48.5 Å². The summed E-state index contributed by atoms with van der Waals surface area (Å²) < 4.78 is 4.94. The molecule has 108 valence electrons. The molecule has 0 unspecified atom stereocenters. The van der Waals surface area contributed by atoms with Crippen LogP contribution in [0.5, 0.6) is 5.75 Å². The van der Waals surface area contributed by atoms with Gasteiger partial charge in [-0.3, -0.25) is 4.79 Å². The number of carbonyl (C=O) groups excluding carboxylic acids is 2. The van der Waals surface area contributed by atoms with Gasteiger partial charge in [-0.25, -0.2) is 4.79 Å². The average Bonchev–Trinajstić information content (AvgIpc) is 2.49. The van der Waals surface area contributed by atoms with Crippen molar-refractivity contribution < 1.29 is 14.3 Å². The smallest absolute Gasteiger partial charge is 0.410 e. The predicted octanol–water partition coefficient (Wildman–Crippen LogP) is 3.31. The van der Waals surface area contributed by atoms with Crippen molar-refractivity contribution in [1.82, 2.24) is 5.32 Å². The molecule has 2 amide bonds. The third-order valence-corrected chi connectivity index (χ3v) is 2.89. The van der Waals surface area contributed by atoms with Gasteiger partial charge in [-0.1, -0.05) is 11.6 Å². The van der Waals surface area contributed by atoms with Gasteiger partial charge < -0.3 is 15.4 Å². The van der Waals surface area contributed by atoms with Gasteiger partial charge in [0.25, 0.3) is 5.91 Å². The molecule has 0 atom stereocenters.